The second kappa shape index (κ2) is 7.96. The average Bonchev–Trinajstić information content (AvgIpc) is 2.35. The Morgan fingerprint density at radius 2 is 2.26 bits per heavy atom. The van der Waals surface area contributed by atoms with E-state index in [0.717, 1.165) is 19.5 Å². The number of rotatable bonds is 6. The second-order valence-electron chi connectivity index (χ2n) is 4.76. The minimum absolute atomic E-state index is 0.0315. The summed E-state index contributed by atoms with van der Waals surface area (Å²) in [6.07, 6.45) is 0.694. The van der Waals surface area contributed by atoms with Crippen LogP contribution in [-0.4, -0.2) is 79.4 Å². The Balaban J connectivity index is 2.36. The minimum Gasteiger partial charge on any atom is -0.480 e. The molecule has 1 atom stereocenters. The first-order valence-corrected chi connectivity index (χ1v) is 6.57. The molecule has 1 rings (SSSR count). The lowest BCUT2D eigenvalue weighted by molar-refractivity contribution is -0.137. The van der Waals surface area contributed by atoms with E-state index in [0.29, 0.717) is 19.7 Å². The number of carbonyl (C=O) groups excluding carboxylic acids is 1. The van der Waals surface area contributed by atoms with Gasteiger partial charge in [0.25, 0.3) is 0 Å². The van der Waals surface area contributed by atoms with Crippen molar-refractivity contribution >= 4 is 12.0 Å². The number of nitrogens with zero attached hydrogens (tertiary/aromatic N) is 2. The van der Waals surface area contributed by atoms with E-state index in [1.807, 2.05) is 14.0 Å². The predicted octanol–water partition coefficient (Wildman–Crippen LogP) is -0.177. The van der Waals surface area contributed by atoms with Gasteiger partial charge in [0.1, 0.15) is 6.54 Å². The quantitative estimate of drug-likeness (QED) is 0.702. The van der Waals surface area contributed by atoms with Crippen LogP contribution in [0.25, 0.3) is 0 Å². The fraction of sp³-hybridized carbons (Fsp3) is 0.833. The lowest BCUT2D eigenvalue weighted by Gasteiger charge is -2.30. The van der Waals surface area contributed by atoms with Gasteiger partial charge < -0.3 is 25.0 Å². The maximum Gasteiger partial charge on any atom is 0.323 e. The van der Waals surface area contributed by atoms with Crippen LogP contribution in [0.4, 0.5) is 4.79 Å². The van der Waals surface area contributed by atoms with Crippen LogP contribution in [0.3, 0.4) is 0 Å². The number of nitrogens with one attached hydrogen (secondary N) is 1. The molecular weight excluding hydrogens is 250 g/mol. The number of morpholine rings is 1. The molecule has 1 aliphatic rings. The second-order valence-corrected chi connectivity index (χ2v) is 4.76. The van der Waals surface area contributed by atoms with Gasteiger partial charge >= 0.3 is 12.0 Å². The molecule has 0 spiro atoms. The molecule has 0 aromatic carbocycles. The van der Waals surface area contributed by atoms with Crippen LogP contribution >= 0.6 is 0 Å². The average molecular weight is 273 g/mol. The maximum absolute atomic E-state index is 11.9. The smallest absolute Gasteiger partial charge is 0.323 e. The fourth-order valence-electron chi connectivity index (χ4n) is 1.99. The summed E-state index contributed by atoms with van der Waals surface area (Å²) >= 11 is 0. The number of ether oxygens (including phenoxy) is 1. The molecule has 19 heavy (non-hydrogen) atoms. The highest BCUT2D eigenvalue weighted by Crippen LogP contribution is 2.02. The van der Waals surface area contributed by atoms with E-state index in [2.05, 4.69) is 10.2 Å². The van der Waals surface area contributed by atoms with Crippen molar-refractivity contribution in [2.24, 2.45) is 0 Å². The number of carbonyl (C=O) groups is 2. The molecule has 0 aromatic heterocycles. The van der Waals surface area contributed by atoms with Crippen LogP contribution in [0.5, 0.6) is 0 Å². The normalized spacial score (nSPS) is 20.0. The van der Waals surface area contributed by atoms with Crippen LogP contribution in [0.2, 0.25) is 0 Å². The number of carboxylic acid groups (broad SMARTS) is 1. The number of aliphatic carboxylic acids is 1. The molecule has 1 saturated heterocycles. The first kappa shape index (κ1) is 15.7. The van der Waals surface area contributed by atoms with Crippen LogP contribution in [0.15, 0.2) is 0 Å². The molecule has 2 N–H and O–H groups in total. The third-order valence-corrected chi connectivity index (χ3v) is 2.93. The van der Waals surface area contributed by atoms with Gasteiger partial charge in [0.2, 0.25) is 0 Å². The molecule has 1 heterocycles. The van der Waals surface area contributed by atoms with Gasteiger partial charge in [-0.2, -0.15) is 0 Å². The summed E-state index contributed by atoms with van der Waals surface area (Å²) in [5.41, 5.74) is 0. The zero-order valence-electron chi connectivity index (χ0n) is 11.6. The predicted molar refractivity (Wildman–Crippen MR) is 70.1 cm³/mol. The molecule has 0 aromatic rings. The summed E-state index contributed by atoms with van der Waals surface area (Å²) in [6.45, 7) is 4.79. The lowest BCUT2D eigenvalue weighted by atomic mass is 10.3. The third-order valence-electron chi connectivity index (χ3n) is 2.93. The Hall–Kier alpha value is -1.34. The van der Waals surface area contributed by atoms with Crippen LogP contribution in [0, 0.1) is 0 Å². The zero-order valence-corrected chi connectivity index (χ0v) is 11.6. The maximum atomic E-state index is 11.9. The van der Waals surface area contributed by atoms with Crippen LogP contribution in [-0.2, 0) is 9.53 Å². The molecule has 0 radical (unpaired) electrons. The zero-order chi connectivity index (χ0) is 14.3. The molecule has 2 amide bonds. The largest absolute Gasteiger partial charge is 0.480 e. The van der Waals surface area contributed by atoms with Crippen molar-refractivity contribution in [2.75, 3.05) is 46.4 Å². The summed E-state index contributed by atoms with van der Waals surface area (Å²) in [7, 11) is 2.01. The Morgan fingerprint density at radius 1 is 1.53 bits per heavy atom. The van der Waals surface area contributed by atoms with E-state index in [1.54, 1.807) is 0 Å². The van der Waals surface area contributed by atoms with Gasteiger partial charge in [0.15, 0.2) is 0 Å². The topological polar surface area (TPSA) is 82.1 Å². The Morgan fingerprint density at radius 3 is 2.84 bits per heavy atom. The van der Waals surface area contributed by atoms with Crippen molar-refractivity contribution in [3.8, 4) is 0 Å². The molecule has 1 aliphatic heterocycles. The highest BCUT2D eigenvalue weighted by Gasteiger charge is 2.20. The fourth-order valence-corrected chi connectivity index (χ4v) is 1.99. The van der Waals surface area contributed by atoms with Crippen molar-refractivity contribution < 1.29 is 19.4 Å². The monoisotopic (exact) mass is 273 g/mol. The molecule has 0 aliphatic carbocycles. The SMILES string of the molecule is CCCN(CC(=O)O)C(=O)NCC1CN(C)CCO1. The van der Waals surface area contributed by atoms with Crippen molar-refractivity contribution in [3.63, 3.8) is 0 Å². The van der Waals surface area contributed by atoms with E-state index in [9.17, 15) is 9.59 Å². The molecule has 7 nitrogen and oxygen atoms in total. The van der Waals surface area contributed by atoms with Gasteiger partial charge in [0.05, 0.1) is 12.7 Å². The highest BCUT2D eigenvalue weighted by molar-refractivity contribution is 5.80. The van der Waals surface area contributed by atoms with E-state index in [1.165, 1.54) is 4.90 Å². The summed E-state index contributed by atoms with van der Waals surface area (Å²) in [6, 6.07) is -0.346. The lowest BCUT2D eigenvalue weighted by Crippen LogP contribution is -2.49. The van der Waals surface area contributed by atoms with Gasteiger partial charge in [-0.05, 0) is 13.5 Å². The summed E-state index contributed by atoms with van der Waals surface area (Å²) in [5.74, 6) is -1.00. The van der Waals surface area contributed by atoms with Gasteiger partial charge in [-0.1, -0.05) is 6.92 Å². The molecule has 7 heteroatoms. The van der Waals surface area contributed by atoms with Crippen molar-refractivity contribution in [3.05, 3.63) is 0 Å². The van der Waals surface area contributed by atoms with E-state index in [4.69, 9.17) is 9.84 Å². The number of carboxylic acids is 1. The Bertz CT molecular complexity index is 311. The number of hydrogen-bond acceptors (Lipinski definition) is 4. The minimum atomic E-state index is -1.00. The molecule has 0 saturated carbocycles. The Labute approximate surface area is 113 Å². The van der Waals surface area contributed by atoms with E-state index >= 15 is 0 Å². The summed E-state index contributed by atoms with van der Waals surface area (Å²) in [4.78, 5) is 26.0. The standard InChI is InChI=1S/C12H23N3O4/c1-3-4-15(9-11(16)17)12(18)13-7-10-8-14(2)5-6-19-10/h10H,3-9H2,1-2H3,(H,13,18)(H,16,17). The third kappa shape index (κ3) is 5.89. The van der Waals surface area contributed by atoms with E-state index < -0.39 is 5.97 Å². The highest BCUT2D eigenvalue weighted by atomic mass is 16.5. The van der Waals surface area contributed by atoms with Gasteiger partial charge in [-0.3, -0.25) is 4.79 Å². The molecule has 1 unspecified atom stereocenters. The van der Waals surface area contributed by atoms with Gasteiger partial charge in [-0.25, -0.2) is 4.79 Å². The van der Waals surface area contributed by atoms with Crippen molar-refractivity contribution in [1.82, 2.24) is 15.1 Å². The van der Waals surface area contributed by atoms with Crippen molar-refractivity contribution in [2.45, 2.75) is 19.4 Å². The summed E-state index contributed by atoms with van der Waals surface area (Å²) in [5, 5.41) is 11.5. The first-order valence-electron chi connectivity index (χ1n) is 6.57. The number of hydrogen-bond donors (Lipinski definition) is 2. The first-order chi connectivity index (χ1) is 9.02. The Kier molecular flexibility index (Phi) is 6.58. The van der Waals surface area contributed by atoms with Crippen LogP contribution < -0.4 is 5.32 Å². The van der Waals surface area contributed by atoms with Gasteiger partial charge in [0, 0.05) is 26.2 Å². The van der Waals surface area contributed by atoms with E-state index in [-0.39, 0.29) is 18.7 Å². The van der Waals surface area contributed by atoms with Crippen LogP contribution in [0.1, 0.15) is 13.3 Å². The molecular formula is C12H23N3O4. The molecule has 0 bridgehead atoms. The summed E-state index contributed by atoms with van der Waals surface area (Å²) < 4.78 is 5.53. The number of urea groups is 1. The molecule has 110 valence electrons. The number of amides is 2. The van der Waals surface area contributed by atoms with Gasteiger partial charge in [-0.15, -0.1) is 0 Å². The van der Waals surface area contributed by atoms with Crippen molar-refractivity contribution in [1.29, 1.82) is 0 Å². The number of likely N-dealkylation sites (N-methyl/N-ethyl adjacent to an activating group) is 1. The molecule has 1 fully saturated rings.